The summed E-state index contributed by atoms with van der Waals surface area (Å²) in [6, 6.07) is 22.3. The molecule has 0 aliphatic rings. The summed E-state index contributed by atoms with van der Waals surface area (Å²) in [6.07, 6.45) is 2.99. The van der Waals surface area contributed by atoms with Crippen LogP contribution in [0.1, 0.15) is 48.4 Å². The summed E-state index contributed by atoms with van der Waals surface area (Å²) in [5, 5.41) is 22.4. The zero-order valence-electron chi connectivity index (χ0n) is 16.5. The first-order chi connectivity index (χ1) is 14.1. The highest BCUT2D eigenvalue weighted by Crippen LogP contribution is 2.36. The second-order valence-corrected chi connectivity index (χ2v) is 7.03. The topological polar surface area (TPSA) is 69.9 Å². The lowest BCUT2D eigenvalue weighted by Gasteiger charge is -2.18. The third-order valence-corrected chi connectivity index (χ3v) is 4.94. The Hall–Kier alpha value is -3.40. The second-order valence-electron chi connectivity index (χ2n) is 7.03. The number of nitrogens with zero attached hydrogens (tertiary/aromatic N) is 1. The Bertz CT molecular complexity index is 925. The summed E-state index contributed by atoms with van der Waals surface area (Å²) in [4.78, 5) is 10.6. The highest BCUT2D eigenvalue weighted by atomic mass is 16.3. The molecule has 0 bridgehead atoms. The maximum atomic E-state index is 10.6. The molecule has 0 saturated carbocycles. The standard InChI is InChI=1S/C25H25NO3/c1-2-3-4-24(19-7-5-18(6-8-19)17-26-29)25(20-9-13-22(27)14-10-20)21-11-15-23(28)16-12-21/h5-16,27-28H,2-4,17H2,1H3. The van der Waals surface area contributed by atoms with Crippen molar-refractivity contribution in [1.82, 2.24) is 0 Å². The first-order valence-electron chi connectivity index (χ1n) is 9.82. The molecule has 0 saturated heterocycles. The van der Waals surface area contributed by atoms with Crippen LogP contribution in [0.5, 0.6) is 11.5 Å². The minimum atomic E-state index is 0.164. The van der Waals surface area contributed by atoms with Gasteiger partial charge in [0.2, 0.25) is 0 Å². The van der Waals surface area contributed by atoms with Gasteiger partial charge in [-0.25, -0.2) is 0 Å². The molecule has 4 heteroatoms. The molecule has 0 aliphatic carbocycles. The number of benzene rings is 3. The van der Waals surface area contributed by atoms with Crippen LogP contribution in [0, 0.1) is 4.91 Å². The molecule has 0 fully saturated rings. The molecule has 3 rings (SSSR count). The van der Waals surface area contributed by atoms with Crippen molar-refractivity contribution in [2.45, 2.75) is 32.7 Å². The smallest absolute Gasteiger partial charge is 0.115 e. The molecule has 148 valence electrons. The van der Waals surface area contributed by atoms with Gasteiger partial charge < -0.3 is 10.2 Å². The number of phenols is 2. The van der Waals surface area contributed by atoms with E-state index in [0.717, 1.165) is 47.1 Å². The van der Waals surface area contributed by atoms with Crippen molar-refractivity contribution in [2.24, 2.45) is 5.18 Å². The van der Waals surface area contributed by atoms with Gasteiger partial charge in [0.25, 0.3) is 0 Å². The van der Waals surface area contributed by atoms with Gasteiger partial charge in [0.05, 0.1) is 0 Å². The van der Waals surface area contributed by atoms with E-state index in [9.17, 15) is 15.1 Å². The fourth-order valence-corrected chi connectivity index (χ4v) is 3.42. The van der Waals surface area contributed by atoms with Crippen LogP contribution in [0.25, 0.3) is 11.1 Å². The lowest BCUT2D eigenvalue weighted by atomic mass is 9.86. The van der Waals surface area contributed by atoms with Gasteiger partial charge in [-0.1, -0.05) is 67.1 Å². The summed E-state index contributed by atoms with van der Waals surface area (Å²) in [5.74, 6) is 0.444. The van der Waals surface area contributed by atoms with Crippen molar-refractivity contribution in [2.75, 3.05) is 0 Å². The number of hydrogen-bond acceptors (Lipinski definition) is 4. The summed E-state index contributed by atoms with van der Waals surface area (Å²) in [5.41, 5.74) is 6.23. The molecule has 0 atom stereocenters. The van der Waals surface area contributed by atoms with Gasteiger partial charge in [0.1, 0.15) is 18.0 Å². The third-order valence-electron chi connectivity index (χ3n) is 4.94. The van der Waals surface area contributed by atoms with Crippen molar-refractivity contribution in [1.29, 1.82) is 0 Å². The molecule has 0 radical (unpaired) electrons. The van der Waals surface area contributed by atoms with Crippen molar-refractivity contribution < 1.29 is 10.2 Å². The van der Waals surface area contributed by atoms with Crippen LogP contribution >= 0.6 is 0 Å². The molecule has 0 aromatic heterocycles. The van der Waals surface area contributed by atoms with E-state index in [2.05, 4.69) is 12.1 Å². The van der Waals surface area contributed by atoms with Crippen LogP contribution in [0.4, 0.5) is 0 Å². The second kappa shape index (κ2) is 9.69. The van der Waals surface area contributed by atoms with E-state index in [1.807, 2.05) is 48.5 Å². The van der Waals surface area contributed by atoms with Crippen LogP contribution in [0.15, 0.2) is 78.0 Å². The van der Waals surface area contributed by atoms with E-state index in [-0.39, 0.29) is 18.0 Å². The Kier molecular flexibility index (Phi) is 6.80. The van der Waals surface area contributed by atoms with Crippen molar-refractivity contribution in [3.8, 4) is 11.5 Å². The lowest BCUT2D eigenvalue weighted by molar-refractivity contribution is 0.475. The predicted molar refractivity (Wildman–Crippen MR) is 118 cm³/mol. The summed E-state index contributed by atoms with van der Waals surface area (Å²) < 4.78 is 0. The Morgan fingerprint density at radius 1 is 0.759 bits per heavy atom. The number of aromatic hydroxyl groups is 2. The van der Waals surface area contributed by atoms with Gasteiger partial charge in [0, 0.05) is 0 Å². The quantitative estimate of drug-likeness (QED) is 0.342. The number of allylic oxidation sites excluding steroid dienone is 1. The number of unbranched alkanes of at least 4 members (excludes halogenated alkanes) is 1. The molecule has 0 aliphatic heterocycles. The van der Waals surface area contributed by atoms with E-state index in [0.29, 0.717) is 0 Å². The van der Waals surface area contributed by atoms with E-state index < -0.39 is 0 Å². The van der Waals surface area contributed by atoms with E-state index in [1.165, 1.54) is 5.57 Å². The summed E-state index contributed by atoms with van der Waals surface area (Å²) in [6.45, 7) is 2.33. The molecule has 0 heterocycles. The van der Waals surface area contributed by atoms with Gasteiger partial charge in [0.15, 0.2) is 0 Å². The Labute approximate surface area is 171 Å². The number of hydrogen-bond donors (Lipinski definition) is 2. The van der Waals surface area contributed by atoms with Crippen molar-refractivity contribution in [3.63, 3.8) is 0 Å². The van der Waals surface area contributed by atoms with Gasteiger partial charge in [-0.2, -0.15) is 4.91 Å². The van der Waals surface area contributed by atoms with Gasteiger partial charge >= 0.3 is 0 Å². The third kappa shape index (κ3) is 5.11. The lowest BCUT2D eigenvalue weighted by Crippen LogP contribution is -1.96. The molecule has 3 aromatic rings. The fourth-order valence-electron chi connectivity index (χ4n) is 3.42. The minimum Gasteiger partial charge on any atom is -0.508 e. The largest absolute Gasteiger partial charge is 0.508 e. The normalized spacial score (nSPS) is 10.5. The summed E-state index contributed by atoms with van der Waals surface area (Å²) in [7, 11) is 0. The SMILES string of the molecule is CCCCC(=C(c1ccc(O)cc1)c1ccc(O)cc1)c1ccc(CN=O)cc1. The number of rotatable bonds is 8. The molecule has 2 N–H and O–H groups in total. The van der Waals surface area contributed by atoms with Crippen LogP contribution in [-0.2, 0) is 6.54 Å². The number of phenolic OH excluding ortho intramolecular Hbond substituents is 2. The maximum Gasteiger partial charge on any atom is 0.115 e. The first kappa shape index (κ1) is 20.3. The van der Waals surface area contributed by atoms with Crippen LogP contribution in [0.2, 0.25) is 0 Å². The van der Waals surface area contributed by atoms with E-state index in [4.69, 9.17) is 0 Å². The zero-order valence-corrected chi connectivity index (χ0v) is 16.5. The predicted octanol–water partition coefficient (Wildman–Crippen LogP) is 6.51. The fraction of sp³-hybridized carbons (Fsp3) is 0.200. The van der Waals surface area contributed by atoms with Gasteiger partial charge in [-0.15, -0.1) is 0 Å². The molecule has 0 unspecified atom stereocenters. The van der Waals surface area contributed by atoms with Crippen LogP contribution in [0.3, 0.4) is 0 Å². The zero-order chi connectivity index (χ0) is 20.6. The number of nitroso groups, excluding NO2 is 1. The van der Waals surface area contributed by atoms with Gasteiger partial charge in [-0.3, -0.25) is 0 Å². The average molecular weight is 387 g/mol. The van der Waals surface area contributed by atoms with Crippen LogP contribution in [-0.4, -0.2) is 10.2 Å². The molecule has 0 amide bonds. The molecular formula is C25H25NO3. The highest BCUT2D eigenvalue weighted by molar-refractivity contribution is 5.98. The van der Waals surface area contributed by atoms with E-state index in [1.54, 1.807) is 24.3 Å². The Morgan fingerprint density at radius 3 is 1.69 bits per heavy atom. The van der Waals surface area contributed by atoms with Crippen molar-refractivity contribution in [3.05, 3.63) is 100.0 Å². The molecule has 3 aromatic carbocycles. The van der Waals surface area contributed by atoms with Gasteiger partial charge in [-0.05, 0) is 70.5 Å². The average Bonchev–Trinajstić information content (AvgIpc) is 2.74. The molecular weight excluding hydrogens is 362 g/mol. The Morgan fingerprint density at radius 2 is 1.24 bits per heavy atom. The first-order valence-corrected chi connectivity index (χ1v) is 9.82. The molecule has 0 spiro atoms. The highest BCUT2D eigenvalue weighted by Gasteiger charge is 2.14. The maximum absolute atomic E-state index is 10.6. The molecule has 4 nitrogen and oxygen atoms in total. The molecule has 29 heavy (non-hydrogen) atoms. The monoisotopic (exact) mass is 387 g/mol. The van der Waals surface area contributed by atoms with E-state index >= 15 is 0 Å². The summed E-state index contributed by atoms with van der Waals surface area (Å²) >= 11 is 0. The Balaban J connectivity index is 2.21. The van der Waals surface area contributed by atoms with Crippen molar-refractivity contribution >= 4 is 11.1 Å². The minimum absolute atomic E-state index is 0.164. The van der Waals surface area contributed by atoms with Crippen LogP contribution < -0.4 is 0 Å².